The molecule has 0 bridgehead atoms. The van der Waals surface area contributed by atoms with E-state index in [0.29, 0.717) is 62.9 Å². The van der Waals surface area contributed by atoms with E-state index in [4.69, 9.17) is 14.9 Å². The van der Waals surface area contributed by atoms with Crippen LogP contribution in [0.4, 0.5) is 10.1 Å². The lowest BCUT2D eigenvalue weighted by molar-refractivity contribution is -0.156. The zero-order valence-electron chi connectivity index (χ0n) is 20.6. The number of hydrazone groups is 1. The van der Waals surface area contributed by atoms with E-state index >= 15 is 0 Å². The van der Waals surface area contributed by atoms with Gasteiger partial charge in [0, 0.05) is 39.2 Å². The lowest BCUT2D eigenvalue weighted by Crippen LogP contribution is -2.54. The highest BCUT2D eigenvalue weighted by molar-refractivity contribution is 6.43. The first-order chi connectivity index (χ1) is 17.8. The van der Waals surface area contributed by atoms with Crippen LogP contribution in [0.3, 0.4) is 0 Å². The maximum Gasteiger partial charge on any atom is 0.394 e. The molecule has 2 aromatic carbocycles. The van der Waals surface area contributed by atoms with Crippen molar-refractivity contribution in [2.24, 2.45) is 5.10 Å². The van der Waals surface area contributed by atoms with Crippen LogP contribution in [-0.2, 0) is 19.8 Å². The molecule has 10 heteroatoms. The summed E-state index contributed by atoms with van der Waals surface area (Å²) in [6.45, 7) is 4.41. The molecule has 1 fully saturated rings. The minimum Gasteiger partial charge on any atom is -0.489 e. The van der Waals surface area contributed by atoms with Crippen LogP contribution < -0.4 is 9.75 Å². The molecule has 3 aliphatic heterocycles. The van der Waals surface area contributed by atoms with Gasteiger partial charge in [-0.1, -0.05) is 30.3 Å². The number of halogens is 1. The molecule has 0 aliphatic carbocycles. The first kappa shape index (κ1) is 24.9. The number of anilines is 1. The predicted molar refractivity (Wildman–Crippen MR) is 134 cm³/mol. The number of carboxylic acid groups (broad SMARTS) is 1. The molecule has 3 heterocycles. The first-order valence-corrected chi connectivity index (χ1v) is 12.4. The van der Waals surface area contributed by atoms with E-state index in [1.165, 1.54) is 24.0 Å². The highest BCUT2D eigenvalue weighted by Gasteiger charge is 2.55. The summed E-state index contributed by atoms with van der Waals surface area (Å²) in [5.41, 5.74) is 1.14. The fraction of sp³-hybridized carbons (Fsp3) is 0.407. The van der Waals surface area contributed by atoms with E-state index in [0.717, 1.165) is 12.0 Å². The molecule has 5 rings (SSSR count). The maximum absolute atomic E-state index is 14.2. The molecule has 37 heavy (non-hydrogen) atoms. The standard InChI is InChI=1S/C27H29FN4O5/c1-18(33)24-27(19-6-3-2-4-7-19,10-5-11-30-12-14-31(15-13-30)25(34)26(35)36)23-17-37-22-9-8-20(28)16-21(22)32(23)29-24/h2-4,6-9,16,23H,5,10-15,17H2,1H3,(H,35,36)/t23?,27-/m1/s1. The van der Waals surface area contributed by atoms with Gasteiger partial charge in [0.25, 0.3) is 0 Å². The number of hydrogen-bond acceptors (Lipinski definition) is 7. The number of rotatable bonds is 6. The van der Waals surface area contributed by atoms with Gasteiger partial charge in [-0.05, 0) is 37.1 Å². The molecule has 2 atom stereocenters. The molecule has 0 saturated carbocycles. The Hall–Kier alpha value is -3.79. The second kappa shape index (κ2) is 9.93. The van der Waals surface area contributed by atoms with Crippen molar-refractivity contribution in [1.82, 2.24) is 9.80 Å². The Kier molecular flexibility index (Phi) is 6.68. The zero-order valence-corrected chi connectivity index (χ0v) is 20.6. The Bertz CT molecular complexity index is 1240. The second-order valence-electron chi connectivity index (χ2n) is 9.67. The molecule has 1 N–H and O–H groups in total. The summed E-state index contributed by atoms with van der Waals surface area (Å²) in [6.07, 6.45) is 1.34. The van der Waals surface area contributed by atoms with Crippen molar-refractivity contribution in [2.45, 2.75) is 31.2 Å². The summed E-state index contributed by atoms with van der Waals surface area (Å²) in [5.74, 6) is -2.32. The monoisotopic (exact) mass is 508 g/mol. The third-order valence-electron chi connectivity index (χ3n) is 7.57. The maximum atomic E-state index is 14.2. The normalized spacial score (nSPS) is 23.1. The number of carbonyl (C=O) groups excluding carboxylic acids is 2. The average Bonchev–Trinajstić information content (AvgIpc) is 3.25. The van der Waals surface area contributed by atoms with Crippen LogP contribution in [0.2, 0.25) is 0 Å². The summed E-state index contributed by atoms with van der Waals surface area (Å²) in [5, 5.41) is 15.5. The number of aliphatic carboxylic acids is 1. The minimum atomic E-state index is -1.43. The van der Waals surface area contributed by atoms with Gasteiger partial charge in [0.1, 0.15) is 35.6 Å². The quantitative estimate of drug-likeness (QED) is 0.598. The van der Waals surface area contributed by atoms with Crippen LogP contribution >= 0.6 is 0 Å². The summed E-state index contributed by atoms with van der Waals surface area (Å²) in [4.78, 5) is 39.3. The van der Waals surface area contributed by atoms with Crippen LogP contribution in [0.25, 0.3) is 0 Å². The number of benzene rings is 2. The average molecular weight is 509 g/mol. The van der Waals surface area contributed by atoms with Crippen molar-refractivity contribution in [2.75, 3.05) is 44.3 Å². The van der Waals surface area contributed by atoms with Crippen molar-refractivity contribution < 1.29 is 28.6 Å². The van der Waals surface area contributed by atoms with Crippen LogP contribution in [-0.4, -0.2) is 83.7 Å². The van der Waals surface area contributed by atoms with Crippen LogP contribution in [0, 0.1) is 5.82 Å². The van der Waals surface area contributed by atoms with Gasteiger partial charge in [-0.3, -0.25) is 19.5 Å². The number of ketones is 1. The van der Waals surface area contributed by atoms with Crippen molar-refractivity contribution in [3.63, 3.8) is 0 Å². The highest BCUT2D eigenvalue weighted by atomic mass is 19.1. The lowest BCUT2D eigenvalue weighted by Gasteiger charge is -2.42. The van der Waals surface area contributed by atoms with Crippen LogP contribution in [0.15, 0.2) is 53.6 Å². The highest BCUT2D eigenvalue weighted by Crippen LogP contribution is 2.48. The molecule has 9 nitrogen and oxygen atoms in total. The predicted octanol–water partition coefficient (Wildman–Crippen LogP) is 2.30. The summed E-state index contributed by atoms with van der Waals surface area (Å²) < 4.78 is 20.3. The number of ether oxygens (including phenoxy) is 1. The number of Topliss-reactive ketones (excluding diaryl/α,β-unsaturated/α-hetero) is 1. The van der Waals surface area contributed by atoms with E-state index in [1.807, 2.05) is 30.3 Å². The van der Waals surface area contributed by atoms with Crippen LogP contribution in [0.1, 0.15) is 25.3 Å². The molecule has 0 spiro atoms. The van der Waals surface area contributed by atoms with Gasteiger partial charge < -0.3 is 14.7 Å². The SMILES string of the molecule is CC(=O)C1=NN2c3cc(F)ccc3OCC2[C@@]1(CCCN1CCN(C(=O)C(=O)O)CC1)c1ccccc1. The van der Waals surface area contributed by atoms with E-state index in [9.17, 15) is 18.8 Å². The van der Waals surface area contributed by atoms with Gasteiger partial charge in [-0.2, -0.15) is 5.10 Å². The van der Waals surface area contributed by atoms with Crippen molar-refractivity contribution in [3.05, 3.63) is 59.9 Å². The molecule has 1 saturated heterocycles. The zero-order chi connectivity index (χ0) is 26.2. The smallest absolute Gasteiger partial charge is 0.394 e. The van der Waals surface area contributed by atoms with Gasteiger partial charge in [0.15, 0.2) is 5.78 Å². The number of amides is 1. The topological polar surface area (TPSA) is 103 Å². The van der Waals surface area contributed by atoms with Gasteiger partial charge in [-0.25, -0.2) is 9.18 Å². The molecule has 194 valence electrons. The Morgan fingerprint density at radius 2 is 1.84 bits per heavy atom. The molecular weight excluding hydrogens is 479 g/mol. The van der Waals surface area contributed by atoms with Crippen molar-refractivity contribution in [1.29, 1.82) is 0 Å². The molecule has 0 radical (unpaired) electrons. The number of carbonyl (C=O) groups is 3. The van der Waals surface area contributed by atoms with Gasteiger partial charge >= 0.3 is 11.9 Å². The summed E-state index contributed by atoms with van der Waals surface area (Å²) in [7, 11) is 0. The lowest BCUT2D eigenvalue weighted by atomic mass is 9.67. The second-order valence-corrected chi connectivity index (χ2v) is 9.67. The van der Waals surface area contributed by atoms with Gasteiger partial charge in [-0.15, -0.1) is 0 Å². The molecule has 0 aromatic heterocycles. The Balaban J connectivity index is 1.40. The van der Waals surface area contributed by atoms with E-state index in [-0.39, 0.29) is 11.8 Å². The first-order valence-electron chi connectivity index (χ1n) is 12.4. The number of nitrogens with zero attached hydrogens (tertiary/aromatic N) is 4. The number of fused-ring (bicyclic) bond motifs is 3. The molecule has 1 unspecified atom stereocenters. The van der Waals surface area contributed by atoms with E-state index in [1.54, 1.807) is 11.1 Å². The Labute approximate surface area is 214 Å². The number of carboxylic acids is 1. The third-order valence-corrected chi connectivity index (χ3v) is 7.57. The number of hydrogen-bond donors (Lipinski definition) is 1. The third kappa shape index (κ3) is 4.46. The minimum absolute atomic E-state index is 0.142. The van der Waals surface area contributed by atoms with E-state index < -0.39 is 23.1 Å². The van der Waals surface area contributed by atoms with E-state index in [2.05, 4.69) is 4.90 Å². The molecule has 2 aromatic rings. The van der Waals surface area contributed by atoms with Gasteiger partial charge in [0.2, 0.25) is 0 Å². The van der Waals surface area contributed by atoms with Crippen LogP contribution in [0.5, 0.6) is 5.75 Å². The molecule has 3 aliphatic rings. The largest absolute Gasteiger partial charge is 0.489 e. The fourth-order valence-electron chi connectivity index (χ4n) is 5.80. The molecule has 1 amide bonds. The van der Waals surface area contributed by atoms with Gasteiger partial charge in [0.05, 0.1) is 5.41 Å². The fourth-order valence-corrected chi connectivity index (χ4v) is 5.80. The van der Waals surface area contributed by atoms with Crippen molar-refractivity contribution in [3.8, 4) is 5.75 Å². The summed E-state index contributed by atoms with van der Waals surface area (Å²) >= 11 is 0. The number of piperazine rings is 1. The van der Waals surface area contributed by atoms with Crippen molar-refractivity contribution >= 4 is 29.1 Å². The molecular formula is C27H29FN4O5. The Morgan fingerprint density at radius 1 is 1.11 bits per heavy atom. The summed E-state index contributed by atoms with van der Waals surface area (Å²) in [6, 6.07) is 13.8. The Morgan fingerprint density at radius 3 is 2.51 bits per heavy atom.